The molecule has 34 heavy (non-hydrogen) atoms. The predicted octanol–water partition coefficient (Wildman–Crippen LogP) is 2.39. The molecular formula is C26H29N3O5. The smallest absolute Gasteiger partial charge is 0.407 e. The number of hydrogen-bond acceptors (Lipinski definition) is 5. The Morgan fingerprint density at radius 2 is 1.59 bits per heavy atom. The van der Waals surface area contributed by atoms with Crippen LogP contribution in [0.3, 0.4) is 0 Å². The fourth-order valence-electron chi connectivity index (χ4n) is 5.82. The number of carboxylic acid groups (broad SMARTS) is 1. The van der Waals surface area contributed by atoms with E-state index in [1.54, 1.807) is 4.90 Å². The molecule has 0 bridgehead atoms. The molecule has 2 N–H and O–H groups in total. The molecule has 2 fully saturated rings. The molecule has 2 aromatic rings. The van der Waals surface area contributed by atoms with Crippen molar-refractivity contribution < 1.29 is 24.2 Å². The van der Waals surface area contributed by atoms with E-state index in [-0.39, 0.29) is 18.4 Å². The number of nitrogens with one attached hydrogen (secondary N) is 1. The Labute approximate surface area is 198 Å². The molecule has 5 rings (SSSR count). The summed E-state index contributed by atoms with van der Waals surface area (Å²) in [5.41, 5.74) is 4.41. The van der Waals surface area contributed by atoms with Gasteiger partial charge in [0.15, 0.2) is 0 Å². The summed E-state index contributed by atoms with van der Waals surface area (Å²) < 4.78 is 5.52. The molecule has 8 heteroatoms. The normalized spacial score (nSPS) is 23.1. The number of likely N-dealkylation sites (tertiary alicyclic amines) is 1. The van der Waals surface area contributed by atoms with Gasteiger partial charge in [-0.2, -0.15) is 0 Å². The van der Waals surface area contributed by atoms with E-state index in [9.17, 15) is 19.5 Å². The van der Waals surface area contributed by atoms with Crippen LogP contribution < -0.4 is 5.32 Å². The van der Waals surface area contributed by atoms with Crippen molar-refractivity contribution in [1.82, 2.24) is 15.1 Å². The first-order valence-electron chi connectivity index (χ1n) is 11.6. The molecule has 1 saturated carbocycles. The molecule has 3 aliphatic rings. The van der Waals surface area contributed by atoms with Gasteiger partial charge < -0.3 is 25.0 Å². The van der Waals surface area contributed by atoms with Crippen LogP contribution in [0.5, 0.6) is 0 Å². The zero-order chi connectivity index (χ0) is 24.0. The number of carbonyl (C=O) groups is 3. The second-order valence-electron chi connectivity index (χ2n) is 9.65. The van der Waals surface area contributed by atoms with Crippen LogP contribution in [0.1, 0.15) is 23.5 Å². The van der Waals surface area contributed by atoms with E-state index in [2.05, 4.69) is 22.3 Å². The van der Waals surface area contributed by atoms with Crippen LogP contribution in [0.2, 0.25) is 0 Å². The van der Waals surface area contributed by atoms with Gasteiger partial charge in [0.2, 0.25) is 5.91 Å². The van der Waals surface area contributed by atoms with Crippen molar-refractivity contribution in [3.63, 3.8) is 0 Å². The van der Waals surface area contributed by atoms with Gasteiger partial charge >= 0.3 is 12.1 Å². The summed E-state index contributed by atoms with van der Waals surface area (Å²) in [4.78, 5) is 40.9. The minimum Gasteiger partial charge on any atom is -0.481 e. The fourth-order valence-corrected chi connectivity index (χ4v) is 5.82. The maximum Gasteiger partial charge on any atom is 0.407 e. The van der Waals surface area contributed by atoms with Crippen LogP contribution in [0.25, 0.3) is 11.1 Å². The molecule has 0 spiro atoms. The van der Waals surface area contributed by atoms with Crippen LogP contribution in [0, 0.1) is 11.8 Å². The number of alkyl carbamates (subject to hydrolysis) is 1. The Morgan fingerprint density at radius 3 is 2.12 bits per heavy atom. The summed E-state index contributed by atoms with van der Waals surface area (Å²) in [5, 5.41) is 11.8. The lowest BCUT2D eigenvalue weighted by Gasteiger charge is -2.26. The third-order valence-electron chi connectivity index (χ3n) is 7.37. The van der Waals surface area contributed by atoms with Crippen LogP contribution >= 0.6 is 0 Å². The number of rotatable bonds is 7. The highest BCUT2D eigenvalue weighted by Crippen LogP contribution is 2.48. The molecule has 0 aromatic heterocycles. The number of ether oxygens (including phenoxy) is 1. The number of amides is 2. The van der Waals surface area contributed by atoms with Crippen molar-refractivity contribution in [1.29, 1.82) is 0 Å². The molecule has 2 aliphatic carbocycles. The number of nitrogens with zero attached hydrogens (tertiary/aromatic N) is 2. The van der Waals surface area contributed by atoms with E-state index in [1.165, 1.54) is 0 Å². The second kappa shape index (κ2) is 8.76. The van der Waals surface area contributed by atoms with E-state index in [1.807, 2.05) is 50.5 Å². The van der Waals surface area contributed by atoms with Gasteiger partial charge in [-0.05, 0) is 48.2 Å². The van der Waals surface area contributed by atoms with E-state index < -0.39 is 24.5 Å². The molecule has 178 valence electrons. The van der Waals surface area contributed by atoms with Gasteiger partial charge in [-0.3, -0.25) is 9.59 Å². The third-order valence-corrected chi connectivity index (χ3v) is 7.37. The SMILES string of the molecule is CN(C)C1C2CN(C(=O)C(CC(=O)O)NC(=O)OCC3c4ccccc4-c4ccccc43)CC21. The molecule has 3 unspecified atom stereocenters. The molecule has 1 aliphatic heterocycles. The van der Waals surface area contributed by atoms with Gasteiger partial charge in [-0.15, -0.1) is 0 Å². The first-order chi connectivity index (χ1) is 16.3. The van der Waals surface area contributed by atoms with Crippen molar-refractivity contribution in [2.75, 3.05) is 33.8 Å². The van der Waals surface area contributed by atoms with Crippen molar-refractivity contribution in [3.05, 3.63) is 59.7 Å². The lowest BCUT2D eigenvalue weighted by atomic mass is 9.98. The average molecular weight is 464 g/mol. The number of benzene rings is 2. The van der Waals surface area contributed by atoms with Crippen molar-refractivity contribution in [2.45, 2.75) is 24.4 Å². The molecule has 1 saturated heterocycles. The lowest BCUT2D eigenvalue weighted by Crippen LogP contribution is -2.50. The Balaban J connectivity index is 1.22. The van der Waals surface area contributed by atoms with Crippen molar-refractivity contribution in [2.24, 2.45) is 11.8 Å². The summed E-state index contributed by atoms with van der Waals surface area (Å²) in [5.74, 6) is -0.786. The van der Waals surface area contributed by atoms with Gasteiger partial charge in [0, 0.05) is 25.0 Å². The van der Waals surface area contributed by atoms with E-state index in [0.29, 0.717) is 31.0 Å². The van der Waals surface area contributed by atoms with Gasteiger partial charge in [0.05, 0.1) is 6.42 Å². The first-order valence-corrected chi connectivity index (χ1v) is 11.6. The minimum atomic E-state index is -1.15. The minimum absolute atomic E-state index is 0.103. The summed E-state index contributed by atoms with van der Waals surface area (Å²) >= 11 is 0. The monoisotopic (exact) mass is 463 g/mol. The lowest BCUT2D eigenvalue weighted by molar-refractivity contribution is -0.142. The molecule has 3 atom stereocenters. The molecule has 8 nitrogen and oxygen atoms in total. The first kappa shape index (κ1) is 22.4. The molecule has 1 heterocycles. The topological polar surface area (TPSA) is 99.2 Å². The van der Waals surface area contributed by atoms with Gasteiger partial charge in [0.25, 0.3) is 0 Å². The highest BCUT2D eigenvalue weighted by atomic mass is 16.5. The number of fused-ring (bicyclic) bond motifs is 4. The maximum atomic E-state index is 13.0. The molecule has 0 radical (unpaired) electrons. The molecule has 2 amide bonds. The number of carbonyl (C=O) groups excluding carboxylic acids is 2. The highest BCUT2D eigenvalue weighted by Gasteiger charge is 2.58. The standard InChI is InChI=1S/C26H29N3O5/c1-28(2)24-19-12-29(13-20(19)24)25(32)22(11-23(30)31)27-26(33)34-14-21-17-9-5-3-7-15(17)16-8-4-6-10-18(16)21/h3-10,19-22,24H,11-14H2,1-2H3,(H,27,33)(H,30,31). The average Bonchev–Trinajstić information content (AvgIpc) is 3.17. The fraction of sp³-hybridized carbons (Fsp3) is 0.423. The number of aliphatic carboxylic acids is 1. The Morgan fingerprint density at radius 1 is 1.03 bits per heavy atom. The summed E-state index contributed by atoms with van der Waals surface area (Å²) in [6.45, 7) is 1.29. The highest BCUT2D eigenvalue weighted by molar-refractivity contribution is 5.89. The maximum absolute atomic E-state index is 13.0. The molecule has 2 aromatic carbocycles. The predicted molar refractivity (Wildman–Crippen MR) is 125 cm³/mol. The van der Waals surface area contributed by atoms with Crippen LogP contribution in [0.4, 0.5) is 4.79 Å². The Kier molecular flexibility index (Phi) is 5.77. The van der Waals surface area contributed by atoms with Gasteiger partial charge in [-0.25, -0.2) is 4.79 Å². The van der Waals surface area contributed by atoms with Crippen LogP contribution in [0.15, 0.2) is 48.5 Å². The number of hydrogen-bond donors (Lipinski definition) is 2. The molecular weight excluding hydrogens is 434 g/mol. The van der Waals surface area contributed by atoms with Crippen LogP contribution in [-0.4, -0.2) is 78.8 Å². The van der Waals surface area contributed by atoms with E-state index in [0.717, 1.165) is 22.3 Å². The Bertz CT molecular complexity index is 1080. The van der Waals surface area contributed by atoms with Crippen molar-refractivity contribution in [3.8, 4) is 11.1 Å². The number of piperidine rings is 1. The van der Waals surface area contributed by atoms with Gasteiger partial charge in [-0.1, -0.05) is 48.5 Å². The zero-order valence-electron chi connectivity index (χ0n) is 19.3. The number of carboxylic acids is 1. The summed E-state index contributed by atoms with van der Waals surface area (Å²) in [6, 6.07) is 15.4. The van der Waals surface area contributed by atoms with E-state index >= 15 is 0 Å². The quantitative estimate of drug-likeness (QED) is 0.654. The zero-order valence-corrected chi connectivity index (χ0v) is 19.3. The third kappa shape index (κ3) is 4.03. The Hall–Kier alpha value is -3.39. The summed E-state index contributed by atoms with van der Waals surface area (Å²) in [6.07, 6.45) is -1.26. The summed E-state index contributed by atoms with van der Waals surface area (Å²) in [7, 11) is 4.06. The van der Waals surface area contributed by atoms with E-state index in [4.69, 9.17) is 4.74 Å². The largest absolute Gasteiger partial charge is 0.481 e. The van der Waals surface area contributed by atoms with Crippen molar-refractivity contribution >= 4 is 18.0 Å². The second-order valence-corrected chi connectivity index (χ2v) is 9.65. The van der Waals surface area contributed by atoms with Gasteiger partial charge in [0.1, 0.15) is 12.6 Å². The van der Waals surface area contributed by atoms with Crippen LogP contribution in [-0.2, 0) is 14.3 Å².